The third-order valence-electron chi connectivity index (χ3n) is 16.1. The molecule has 8 rings (SSSR count). The molecule has 0 aromatic heterocycles. The molecule has 36 heteroatoms. The number of hydrogen-bond acceptors (Lipinski definition) is 36. The van der Waals surface area contributed by atoms with Gasteiger partial charge in [0, 0.05) is 32.9 Å². The van der Waals surface area contributed by atoms with Crippen LogP contribution < -0.4 is 9.47 Å². The molecular formula is C63H78O36. The summed E-state index contributed by atoms with van der Waals surface area (Å²) < 4.78 is 101. The van der Waals surface area contributed by atoms with Gasteiger partial charge in [-0.15, -0.1) is 0 Å². The van der Waals surface area contributed by atoms with Gasteiger partial charge in [0.1, 0.15) is 117 Å². The van der Waals surface area contributed by atoms with Gasteiger partial charge in [0.25, 0.3) is 0 Å². The first-order valence-corrected chi connectivity index (χ1v) is 30.5. The highest BCUT2D eigenvalue weighted by Crippen LogP contribution is 2.43. The Morgan fingerprint density at radius 1 is 0.465 bits per heavy atom. The maximum absolute atomic E-state index is 14.6. The van der Waals surface area contributed by atoms with Gasteiger partial charge in [-0.3, -0.25) is 14.4 Å². The number of aliphatic hydroxyl groups excluding tert-OH is 11. The van der Waals surface area contributed by atoms with Crippen LogP contribution in [0.4, 0.5) is 0 Å². The molecule has 5 aliphatic heterocycles. The van der Waals surface area contributed by atoms with Crippen LogP contribution in [0.1, 0.15) is 42.3 Å². The largest absolute Gasteiger partial charge is 0.504 e. The predicted octanol–water partition coefficient (Wildman–Crippen LogP) is -4.39. The summed E-state index contributed by atoms with van der Waals surface area (Å²) in [6.45, 7) is -3.79. The Balaban J connectivity index is 1.33. The Morgan fingerprint density at radius 3 is 1.42 bits per heavy atom. The van der Waals surface area contributed by atoms with Gasteiger partial charge in [0.05, 0.1) is 39.6 Å². The first-order valence-electron chi connectivity index (χ1n) is 30.5. The molecule has 0 saturated carbocycles. The number of ether oxygens (including phenoxy) is 17. The Bertz CT molecular complexity index is 3270. The molecule has 0 radical (unpaired) electrons. The number of esters is 6. The predicted molar refractivity (Wildman–Crippen MR) is 320 cm³/mol. The van der Waals surface area contributed by atoms with Crippen LogP contribution in [0.25, 0.3) is 12.2 Å². The molecule has 5 heterocycles. The summed E-state index contributed by atoms with van der Waals surface area (Å²) in [6.07, 6.45) is -46.5. The van der Waals surface area contributed by atoms with Crippen LogP contribution >= 0.6 is 0 Å². The fourth-order valence-corrected chi connectivity index (χ4v) is 11.1. The van der Waals surface area contributed by atoms with Gasteiger partial charge in [0.15, 0.2) is 66.5 Å². The number of carbonyl (C=O) groups excluding carboxylic acids is 6. The van der Waals surface area contributed by atoms with Crippen molar-refractivity contribution in [1.82, 2.24) is 0 Å². The minimum Gasteiger partial charge on any atom is -0.504 e. The van der Waals surface area contributed by atoms with E-state index in [1.54, 1.807) is 6.07 Å². The van der Waals surface area contributed by atoms with Gasteiger partial charge in [-0.25, -0.2) is 14.4 Å². The zero-order valence-electron chi connectivity index (χ0n) is 53.4. The fourth-order valence-electron chi connectivity index (χ4n) is 11.1. The summed E-state index contributed by atoms with van der Waals surface area (Å²) in [5, 5.41) is 144. The topological polar surface area (TPSA) is 522 Å². The van der Waals surface area contributed by atoms with E-state index in [9.17, 15) is 95.2 Å². The highest BCUT2D eigenvalue weighted by atomic mass is 16.8. The molecule has 3 aromatic rings. The SMILES string of the molecule is COc1cc(/C=C/C(=O)OC[C@@]2(O[C@H]3O[C@H](COC(C)=O)[C@@H](OC(=O)/C=C/c4ccc(O)c(OC)c4)[C@H](O[C@@H]4O[C@H](COC(C)=O)[C@@H](OC(C)=O)[C@H](O[C@@H]5O[C@H](CO)[C@@H](O)[C@H](O)[C@H]5O)[C@H]4O)[C@H]3O[C@@H]3O[C@H](CO)[C@@H](O)[C@H](O)[C@H]3O)O[C@H](CO)[C@@H](O)[C@@H]2OC(=O)c2ccccc2)ccc1O. The maximum atomic E-state index is 14.6. The van der Waals surface area contributed by atoms with Crippen LogP contribution in [-0.4, -0.2) is 303 Å². The van der Waals surface area contributed by atoms with E-state index >= 15 is 0 Å². The maximum Gasteiger partial charge on any atom is 0.338 e. The Labute approximate surface area is 562 Å². The third kappa shape index (κ3) is 18.7. The molecule has 5 fully saturated rings. The highest BCUT2D eigenvalue weighted by molar-refractivity contribution is 5.90. The molecule has 0 amide bonds. The number of rotatable bonds is 27. The molecule has 36 nitrogen and oxygen atoms in total. The van der Waals surface area contributed by atoms with E-state index in [1.165, 1.54) is 81.0 Å². The van der Waals surface area contributed by atoms with E-state index < -0.39 is 222 Å². The summed E-state index contributed by atoms with van der Waals surface area (Å²) >= 11 is 0. The number of phenols is 2. The highest BCUT2D eigenvalue weighted by Gasteiger charge is 2.65. The minimum absolute atomic E-state index is 0.00557. The first-order chi connectivity index (χ1) is 47.1. The van der Waals surface area contributed by atoms with Crippen molar-refractivity contribution >= 4 is 48.0 Å². The van der Waals surface area contributed by atoms with E-state index in [1.807, 2.05) is 0 Å². The lowest BCUT2D eigenvalue weighted by molar-refractivity contribution is -0.423. The third-order valence-corrected chi connectivity index (χ3v) is 16.1. The van der Waals surface area contributed by atoms with Crippen LogP contribution in [0.3, 0.4) is 0 Å². The molecule has 546 valence electrons. The van der Waals surface area contributed by atoms with Crippen LogP contribution in [0.2, 0.25) is 0 Å². The van der Waals surface area contributed by atoms with Crippen molar-refractivity contribution in [3.63, 3.8) is 0 Å². The Hall–Kier alpha value is -7.64. The summed E-state index contributed by atoms with van der Waals surface area (Å²) in [5.41, 5.74) is 0.278. The number of phenolic OH excluding ortho intramolecular Hbond substituents is 2. The van der Waals surface area contributed by atoms with Gasteiger partial charge < -0.3 is 147 Å². The number of aliphatic hydroxyl groups is 11. The average Bonchev–Trinajstić information content (AvgIpc) is 1.71. The lowest BCUT2D eigenvalue weighted by atomic mass is 9.95. The van der Waals surface area contributed by atoms with Gasteiger partial charge in [-0.2, -0.15) is 0 Å². The molecule has 5 aliphatic rings. The van der Waals surface area contributed by atoms with Crippen molar-refractivity contribution < 1.29 is 176 Å². The molecular weight excluding hydrogens is 1330 g/mol. The minimum atomic E-state index is -3.06. The van der Waals surface area contributed by atoms with Crippen LogP contribution in [0, 0.1) is 0 Å². The second kappa shape index (κ2) is 34.6. The average molecular weight is 1410 g/mol. The molecule has 0 unspecified atom stereocenters. The molecule has 3 aromatic carbocycles. The number of carbonyl (C=O) groups is 6. The van der Waals surface area contributed by atoms with E-state index in [0.717, 1.165) is 39.0 Å². The van der Waals surface area contributed by atoms with Crippen molar-refractivity contribution in [3.05, 3.63) is 95.6 Å². The molecule has 13 N–H and O–H groups in total. The lowest BCUT2D eigenvalue weighted by Crippen LogP contribution is -2.70. The van der Waals surface area contributed by atoms with Crippen LogP contribution in [-0.2, 0) is 95.0 Å². The number of benzene rings is 3. The smallest absolute Gasteiger partial charge is 0.338 e. The quantitative estimate of drug-likeness (QED) is 0.0195. The van der Waals surface area contributed by atoms with Gasteiger partial charge in [-0.1, -0.05) is 30.3 Å². The first kappa shape index (κ1) is 77.1. The number of methoxy groups -OCH3 is 2. The summed E-state index contributed by atoms with van der Waals surface area (Å²) in [6, 6.07) is 14.8. The lowest BCUT2D eigenvalue weighted by Gasteiger charge is -2.51. The molecule has 0 aliphatic carbocycles. The van der Waals surface area contributed by atoms with E-state index in [0.29, 0.717) is 0 Å². The standard InChI is InChI=1S/C63H78O36/c1-27(67)85-24-40-52(88-29(3)69)54(94-59-49(79)47(77)44(74)37(21-64)89-59)51(81)61(91-40)95-55-53(93-43(73)18-14-31-12-16-34(71)36(20-31)84-5)41(25-86-28(2)68)92-62(56(55)96-60-50(80)48(78)45(75)38(22-65)90-60)99-63(26-87-42(72)17-13-30-11-15-33(70)35(19-30)83-4)57(46(76)39(23-66)98-63)97-58(82)32-9-7-6-8-10-32/h6-20,37-41,44-57,59-62,64-66,70-71,74-81H,21-26H2,1-5H3/b17-13+,18-14+/t37-,38-,39-,40-,41-,44-,45-,46-,47+,48+,49-,50-,51-,52-,53-,54-,55+,56-,57+,59+,60+,61+,62-,63+/m1/s1. The van der Waals surface area contributed by atoms with Crippen LogP contribution in [0.5, 0.6) is 23.0 Å². The van der Waals surface area contributed by atoms with Crippen molar-refractivity contribution in [3.8, 4) is 23.0 Å². The van der Waals surface area contributed by atoms with Crippen molar-refractivity contribution in [1.29, 1.82) is 0 Å². The second-order valence-electron chi connectivity index (χ2n) is 22.9. The molecule has 0 bridgehead atoms. The van der Waals surface area contributed by atoms with E-state index in [4.69, 9.17) is 80.5 Å². The van der Waals surface area contributed by atoms with Gasteiger partial charge >= 0.3 is 35.8 Å². The summed E-state index contributed by atoms with van der Waals surface area (Å²) in [7, 11) is 2.50. The summed E-state index contributed by atoms with van der Waals surface area (Å²) in [4.78, 5) is 81.2. The normalized spacial score (nSPS) is 34.6. The van der Waals surface area contributed by atoms with Crippen LogP contribution in [0.15, 0.2) is 78.9 Å². The molecule has 5 saturated heterocycles. The second-order valence-corrected chi connectivity index (χ2v) is 22.9. The fraction of sp³-hybridized carbons (Fsp3) is 0.556. The van der Waals surface area contributed by atoms with E-state index in [2.05, 4.69) is 0 Å². The monoisotopic (exact) mass is 1410 g/mol. The Morgan fingerprint density at radius 2 is 0.929 bits per heavy atom. The Kier molecular flexibility index (Phi) is 27.0. The van der Waals surface area contributed by atoms with Crippen molar-refractivity contribution in [2.45, 2.75) is 168 Å². The zero-order valence-corrected chi connectivity index (χ0v) is 53.4. The van der Waals surface area contributed by atoms with Crippen molar-refractivity contribution in [2.24, 2.45) is 0 Å². The van der Waals surface area contributed by atoms with Gasteiger partial charge in [0.2, 0.25) is 5.79 Å². The zero-order chi connectivity index (χ0) is 72.2. The van der Waals surface area contributed by atoms with E-state index in [-0.39, 0.29) is 39.7 Å². The molecule has 99 heavy (non-hydrogen) atoms. The number of aromatic hydroxyl groups is 2. The number of hydrogen-bond donors (Lipinski definition) is 13. The van der Waals surface area contributed by atoms with Crippen molar-refractivity contribution in [2.75, 3.05) is 53.9 Å². The van der Waals surface area contributed by atoms with Gasteiger partial charge in [-0.05, 0) is 59.7 Å². The molecule has 24 atom stereocenters. The molecule has 0 spiro atoms. The summed E-state index contributed by atoms with van der Waals surface area (Å²) in [5.74, 6) is -10.7.